The molecule has 5 heteroatoms. The quantitative estimate of drug-likeness (QED) is 0.758. The van der Waals surface area contributed by atoms with Gasteiger partial charge in [-0.15, -0.1) is 0 Å². The molecule has 82 valence electrons. The van der Waals surface area contributed by atoms with Gasteiger partial charge in [0.2, 0.25) is 5.91 Å². The monoisotopic (exact) mass is 219 g/mol. The fourth-order valence-electron chi connectivity index (χ4n) is 1.79. The van der Waals surface area contributed by atoms with E-state index in [4.69, 9.17) is 11.0 Å². The Hall–Kier alpha value is -1.93. The summed E-state index contributed by atoms with van der Waals surface area (Å²) in [6.07, 6.45) is 0.528. The van der Waals surface area contributed by atoms with Crippen LogP contribution < -0.4 is 10.6 Å². The Kier molecular flexibility index (Phi) is 2.59. The molecule has 1 aromatic carbocycles. The van der Waals surface area contributed by atoms with E-state index in [1.807, 2.05) is 0 Å². The van der Waals surface area contributed by atoms with Crippen LogP contribution in [0.5, 0.6) is 0 Å². The number of hydrogen-bond acceptors (Lipinski definition) is 3. The number of nitrogens with two attached hydrogens (primary N) is 1. The van der Waals surface area contributed by atoms with Crippen LogP contribution in [0.25, 0.3) is 0 Å². The summed E-state index contributed by atoms with van der Waals surface area (Å²) in [6.45, 7) is 0.429. The molecule has 1 unspecified atom stereocenters. The number of carbonyl (C=O) groups is 1. The second-order valence-electron chi connectivity index (χ2n) is 3.63. The third kappa shape index (κ3) is 1.53. The molecule has 0 aromatic heterocycles. The van der Waals surface area contributed by atoms with Crippen molar-refractivity contribution in [2.75, 3.05) is 11.4 Å². The van der Waals surface area contributed by atoms with Crippen LogP contribution in [0.1, 0.15) is 12.0 Å². The summed E-state index contributed by atoms with van der Waals surface area (Å²) in [5.74, 6) is -0.879. The lowest BCUT2D eigenvalue weighted by Crippen LogP contribution is -2.34. The summed E-state index contributed by atoms with van der Waals surface area (Å²) < 4.78 is 13.3. The number of anilines is 1. The zero-order valence-electron chi connectivity index (χ0n) is 8.48. The molecule has 0 spiro atoms. The fraction of sp³-hybridized carbons (Fsp3) is 0.273. The Labute approximate surface area is 92.1 Å². The van der Waals surface area contributed by atoms with Crippen molar-refractivity contribution in [3.05, 3.63) is 29.6 Å². The van der Waals surface area contributed by atoms with Crippen molar-refractivity contribution < 1.29 is 9.18 Å². The first kappa shape index (κ1) is 10.6. The Morgan fingerprint density at radius 1 is 1.56 bits per heavy atom. The maximum Gasteiger partial charge on any atom is 0.244 e. The lowest BCUT2D eigenvalue weighted by atomic mass is 10.1. The number of rotatable bonds is 1. The number of nitrogens with zero attached hydrogens (tertiary/aromatic N) is 2. The highest BCUT2D eigenvalue weighted by molar-refractivity contribution is 6.00. The second-order valence-corrected chi connectivity index (χ2v) is 3.63. The van der Waals surface area contributed by atoms with E-state index >= 15 is 0 Å². The van der Waals surface area contributed by atoms with E-state index in [2.05, 4.69) is 0 Å². The Bertz CT molecular complexity index is 481. The average molecular weight is 219 g/mol. The second kappa shape index (κ2) is 3.91. The number of carbonyl (C=O) groups excluding carboxylic acids is 1. The topological polar surface area (TPSA) is 70.1 Å². The van der Waals surface area contributed by atoms with Crippen LogP contribution in [0, 0.1) is 17.1 Å². The number of halogens is 1. The van der Waals surface area contributed by atoms with Crippen molar-refractivity contribution in [3.8, 4) is 6.07 Å². The fourth-order valence-corrected chi connectivity index (χ4v) is 1.79. The van der Waals surface area contributed by atoms with Gasteiger partial charge in [0.15, 0.2) is 0 Å². The van der Waals surface area contributed by atoms with E-state index in [0.29, 0.717) is 18.7 Å². The molecule has 1 amide bonds. The molecule has 1 heterocycles. The van der Waals surface area contributed by atoms with Gasteiger partial charge in [0.1, 0.15) is 17.4 Å². The van der Waals surface area contributed by atoms with Crippen LogP contribution in [0.4, 0.5) is 10.1 Å². The smallest absolute Gasteiger partial charge is 0.244 e. The molecule has 0 radical (unpaired) electrons. The molecule has 0 bridgehead atoms. The van der Waals surface area contributed by atoms with Gasteiger partial charge in [0.05, 0.1) is 11.7 Å². The molecule has 1 aromatic rings. The number of hydrogen-bond donors (Lipinski definition) is 1. The molecule has 1 aliphatic rings. The Morgan fingerprint density at radius 2 is 2.31 bits per heavy atom. The van der Waals surface area contributed by atoms with Gasteiger partial charge in [-0.25, -0.2) is 4.39 Å². The molecular formula is C11H10FN3O. The molecule has 1 aliphatic heterocycles. The first-order chi connectivity index (χ1) is 7.65. The van der Waals surface area contributed by atoms with E-state index in [9.17, 15) is 9.18 Å². The van der Waals surface area contributed by atoms with Gasteiger partial charge < -0.3 is 10.6 Å². The van der Waals surface area contributed by atoms with Gasteiger partial charge in [-0.3, -0.25) is 4.79 Å². The molecule has 4 nitrogen and oxygen atoms in total. The van der Waals surface area contributed by atoms with E-state index in [-0.39, 0.29) is 11.5 Å². The largest absolute Gasteiger partial charge is 0.320 e. The van der Waals surface area contributed by atoms with Gasteiger partial charge in [-0.2, -0.15) is 5.26 Å². The molecule has 2 rings (SSSR count). The molecular weight excluding hydrogens is 209 g/mol. The number of nitriles is 1. The maximum atomic E-state index is 13.3. The summed E-state index contributed by atoms with van der Waals surface area (Å²) in [4.78, 5) is 13.0. The highest BCUT2D eigenvalue weighted by Gasteiger charge is 2.31. The molecule has 16 heavy (non-hydrogen) atoms. The normalized spacial score (nSPS) is 19.9. The Morgan fingerprint density at radius 3 is 2.88 bits per heavy atom. The molecule has 1 fully saturated rings. The standard InChI is InChI=1S/C11H10FN3O/c12-8-2-1-3-10(7(8)6-13)15-5-4-9(14)11(15)16/h1-3,9H,4-5,14H2. The van der Waals surface area contributed by atoms with E-state index in [0.717, 1.165) is 0 Å². The van der Waals surface area contributed by atoms with E-state index in [1.54, 1.807) is 12.1 Å². The van der Waals surface area contributed by atoms with E-state index < -0.39 is 11.9 Å². The lowest BCUT2D eigenvalue weighted by Gasteiger charge is -2.17. The van der Waals surface area contributed by atoms with E-state index in [1.165, 1.54) is 17.0 Å². The first-order valence-electron chi connectivity index (χ1n) is 4.90. The van der Waals surface area contributed by atoms with Gasteiger partial charge >= 0.3 is 0 Å². The predicted molar refractivity (Wildman–Crippen MR) is 56.1 cm³/mol. The summed E-state index contributed by atoms with van der Waals surface area (Å²) in [7, 11) is 0. The van der Waals surface area contributed by atoms with Gasteiger partial charge in [-0.1, -0.05) is 6.07 Å². The van der Waals surface area contributed by atoms with Crippen molar-refractivity contribution in [1.29, 1.82) is 5.26 Å². The highest BCUT2D eigenvalue weighted by Crippen LogP contribution is 2.26. The first-order valence-corrected chi connectivity index (χ1v) is 4.90. The van der Waals surface area contributed by atoms with Crippen LogP contribution in [0.2, 0.25) is 0 Å². The van der Waals surface area contributed by atoms with Crippen molar-refractivity contribution >= 4 is 11.6 Å². The number of amides is 1. The SMILES string of the molecule is N#Cc1c(F)cccc1N1CCC(N)C1=O. The van der Waals surface area contributed by atoms with Gasteiger partial charge in [0.25, 0.3) is 0 Å². The molecule has 1 atom stereocenters. The van der Waals surface area contributed by atoms with Crippen LogP contribution >= 0.6 is 0 Å². The molecule has 0 saturated carbocycles. The minimum atomic E-state index is -0.617. The van der Waals surface area contributed by atoms with Crippen molar-refractivity contribution in [3.63, 3.8) is 0 Å². The van der Waals surface area contributed by atoms with Gasteiger partial charge in [-0.05, 0) is 18.6 Å². The summed E-state index contributed by atoms with van der Waals surface area (Å²) in [5, 5.41) is 8.85. The van der Waals surface area contributed by atoms with Crippen LogP contribution in [-0.4, -0.2) is 18.5 Å². The number of benzene rings is 1. The van der Waals surface area contributed by atoms with Crippen LogP contribution in [-0.2, 0) is 4.79 Å². The summed E-state index contributed by atoms with van der Waals surface area (Å²) in [6, 6.07) is 5.44. The van der Waals surface area contributed by atoms with Gasteiger partial charge in [0, 0.05) is 6.54 Å². The minimum absolute atomic E-state index is 0.107. The molecule has 0 aliphatic carbocycles. The molecule has 2 N–H and O–H groups in total. The van der Waals surface area contributed by atoms with Crippen molar-refractivity contribution in [1.82, 2.24) is 0 Å². The Balaban J connectivity index is 2.46. The average Bonchev–Trinajstić information content (AvgIpc) is 2.59. The van der Waals surface area contributed by atoms with Crippen LogP contribution in [0.3, 0.4) is 0 Å². The maximum absolute atomic E-state index is 13.3. The van der Waals surface area contributed by atoms with Crippen molar-refractivity contribution in [2.24, 2.45) is 5.73 Å². The van der Waals surface area contributed by atoms with Crippen molar-refractivity contribution in [2.45, 2.75) is 12.5 Å². The third-order valence-electron chi connectivity index (χ3n) is 2.64. The predicted octanol–water partition coefficient (Wildman–Crippen LogP) is 0.761. The summed E-state index contributed by atoms with van der Waals surface area (Å²) in [5.41, 5.74) is 5.77. The van der Waals surface area contributed by atoms with Crippen LogP contribution in [0.15, 0.2) is 18.2 Å². The lowest BCUT2D eigenvalue weighted by molar-refractivity contribution is -0.118. The minimum Gasteiger partial charge on any atom is -0.320 e. The zero-order valence-corrected chi connectivity index (χ0v) is 8.48. The summed E-state index contributed by atoms with van der Waals surface area (Å²) >= 11 is 0. The zero-order chi connectivity index (χ0) is 11.7. The highest BCUT2D eigenvalue weighted by atomic mass is 19.1. The third-order valence-corrected chi connectivity index (χ3v) is 2.64. The molecule has 1 saturated heterocycles.